The van der Waals surface area contributed by atoms with Crippen LogP contribution < -0.4 is 5.73 Å². The van der Waals surface area contributed by atoms with E-state index < -0.39 is 30.1 Å². The number of nitrogens with two attached hydrogens (primary N) is 1. The van der Waals surface area contributed by atoms with Crippen LogP contribution in [0.2, 0.25) is 0 Å². The van der Waals surface area contributed by atoms with Gasteiger partial charge in [0.2, 0.25) is 5.91 Å². The van der Waals surface area contributed by atoms with Crippen molar-refractivity contribution in [3.8, 4) is 0 Å². The van der Waals surface area contributed by atoms with Gasteiger partial charge in [0.1, 0.15) is 6.10 Å². The van der Waals surface area contributed by atoms with E-state index in [1.165, 1.54) is 11.8 Å². The number of benzene rings is 1. The molecule has 4 N–H and O–H groups in total. The summed E-state index contributed by atoms with van der Waals surface area (Å²) in [7, 11) is 0. The topological polar surface area (TPSA) is 99.2 Å². The number of fused-ring (bicyclic) bond motifs is 1. The first-order valence-electron chi connectivity index (χ1n) is 8.79. The molecule has 0 unspecified atom stereocenters. The van der Waals surface area contributed by atoms with Gasteiger partial charge < -0.3 is 20.8 Å². The maximum Gasteiger partial charge on any atom is 0.221 e. The summed E-state index contributed by atoms with van der Waals surface area (Å²) in [5.74, 6) is -0.951. The minimum absolute atomic E-state index is 0.177. The fraction of sp³-hybridized carbons (Fsp3) is 0.368. The van der Waals surface area contributed by atoms with Gasteiger partial charge in [0.05, 0.1) is 30.3 Å². The summed E-state index contributed by atoms with van der Waals surface area (Å²) in [4.78, 5) is 19.9. The lowest BCUT2D eigenvalue weighted by Gasteiger charge is -2.41. The highest BCUT2D eigenvalue weighted by Gasteiger charge is 2.54. The first-order chi connectivity index (χ1) is 13.0. The van der Waals surface area contributed by atoms with Crippen LogP contribution in [-0.4, -0.2) is 49.7 Å². The van der Waals surface area contributed by atoms with Gasteiger partial charge in [-0.15, -0.1) is 11.3 Å². The van der Waals surface area contributed by atoms with Crippen LogP contribution in [0.4, 0.5) is 5.69 Å². The molecule has 2 fully saturated rings. The van der Waals surface area contributed by atoms with Gasteiger partial charge in [-0.05, 0) is 30.0 Å². The Morgan fingerprint density at radius 1 is 1.22 bits per heavy atom. The molecule has 27 heavy (non-hydrogen) atoms. The highest BCUT2D eigenvalue weighted by Crippen LogP contribution is 2.45. The Labute approximate surface area is 165 Å². The van der Waals surface area contributed by atoms with E-state index in [0.717, 1.165) is 15.7 Å². The zero-order valence-electron chi connectivity index (χ0n) is 14.5. The van der Waals surface area contributed by atoms with Gasteiger partial charge >= 0.3 is 0 Å². The van der Waals surface area contributed by atoms with E-state index in [9.17, 15) is 15.0 Å². The average Bonchev–Trinajstić information content (AvgIpc) is 3.28. The lowest BCUT2D eigenvalue weighted by molar-refractivity contribution is -0.128. The lowest BCUT2D eigenvalue weighted by Crippen LogP contribution is -2.58. The van der Waals surface area contributed by atoms with E-state index in [2.05, 4.69) is 0 Å². The van der Waals surface area contributed by atoms with E-state index >= 15 is 0 Å². The van der Waals surface area contributed by atoms with E-state index in [0.29, 0.717) is 6.54 Å². The summed E-state index contributed by atoms with van der Waals surface area (Å²) in [5, 5.41) is 23.6. The van der Waals surface area contributed by atoms with Crippen molar-refractivity contribution < 1.29 is 15.0 Å². The number of para-hydroxylation sites is 1. The van der Waals surface area contributed by atoms with Crippen molar-refractivity contribution >= 4 is 39.9 Å². The summed E-state index contributed by atoms with van der Waals surface area (Å²) in [6.45, 7) is 0.562. The fourth-order valence-electron chi connectivity index (χ4n) is 3.75. The Balaban J connectivity index is 1.74. The molecule has 1 saturated carbocycles. The Morgan fingerprint density at radius 3 is 2.67 bits per heavy atom. The van der Waals surface area contributed by atoms with Gasteiger partial charge in [-0.3, -0.25) is 4.79 Å². The van der Waals surface area contributed by atoms with Crippen molar-refractivity contribution in [2.24, 2.45) is 16.6 Å². The third kappa shape index (κ3) is 3.62. The van der Waals surface area contributed by atoms with Crippen LogP contribution >= 0.6 is 23.1 Å². The van der Waals surface area contributed by atoms with E-state index in [-0.39, 0.29) is 11.7 Å². The third-order valence-electron chi connectivity index (χ3n) is 5.07. The first-order valence-corrected chi connectivity index (χ1v) is 10.6. The predicted octanol–water partition coefficient (Wildman–Crippen LogP) is 1.95. The molecule has 2 heterocycles. The highest BCUT2D eigenvalue weighted by molar-refractivity contribution is 8.14. The number of nitrogens with zero attached hydrogens (tertiary/aromatic N) is 2. The Morgan fingerprint density at radius 2 is 2.00 bits per heavy atom. The largest absolute Gasteiger partial charge is 0.390 e. The van der Waals surface area contributed by atoms with Crippen molar-refractivity contribution in [2.75, 3.05) is 0 Å². The summed E-state index contributed by atoms with van der Waals surface area (Å²) in [6.07, 6.45) is -1.76. The number of carbonyl (C=O) groups is 1. The number of hydrogen-bond donors (Lipinski definition) is 3. The molecule has 1 saturated heterocycles. The van der Waals surface area contributed by atoms with Crippen LogP contribution in [0.1, 0.15) is 11.3 Å². The minimum atomic E-state index is -0.980. The molecule has 2 aliphatic rings. The van der Waals surface area contributed by atoms with Crippen molar-refractivity contribution in [1.82, 2.24) is 4.90 Å². The monoisotopic (exact) mass is 403 g/mol. The summed E-state index contributed by atoms with van der Waals surface area (Å²) < 4.78 is 0. The molecule has 142 valence electrons. The molecule has 2 aromatic rings. The second kappa shape index (κ2) is 7.63. The molecular weight excluding hydrogens is 382 g/mol. The molecule has 6 nitrogen and oxygen atoms in total. The molecule has 4 rings (SSSR count). The predicted molar refractivity (Wildman–Crippen MR) is 108 cm³/mol. The normalized spacial score (nSPS) is 31.9. The molecule has 1 aromatic carbocycles. The number of aliphatic imine (C=N–C) groups is 1. The number of rotatable bonds is 4. The lowest BCUT2D eigenvalue weighted by atomic mass is 9.80. The van der Waals surface area contributed by atoms with Crippen LogP contribution in [0.5, 0.6) is 0 Å². The van der Waals surface area contributed by atoms with Crippen molar-refractivity contribution in [2.45, 2.75) is 36.5 Å². The highest BCUT2D eigenvalue weighted by atomic mass is 32.2. The Hall–Kier alpha value is -1.87. The van der Waals surface area contributed by atoms with Crippen LogP contribution in [-0.2, 0) is 11.3 Å². The number of thioether (sulfide) groups is 1. The molecule has 5 atom stereocenters. The van der Waals surface area contributed by atoms with Crippen LogP contribution in [0.15, 0.2) is 52.8 Å². The molecule has 8 heteroatoms. The van der Waals surface area contributed by atoms with E-state index in [1.54, 1.807) is 11.3 Å². The molecule has 0 radical (unpaired) electrons. The minimum Gasteiger partial charge on any atom is -0.390 e. The maximum absolute atomic E-state index is 12.0. The van der Waals surface area contributed by atoms with Crippen LogP contribution in [0.3, 0.4) is 0 Å². The van der Waals surface area contributed by atoms with Crippen molar-refractivity contribution in [1.29, 1.82) is 0 Å². The molecule has 0 bridgehead atoms. The number of carbonyl (C=O) groups excluding carboxylic acids is 1. The van der Waals surface area contributed by atoms with Gasteiger partial charge in [0.15, 0.2) is 5.17 Å². The Bertz CT molecular complexity index is 828. The smallest absolute Gasteiger partial charge is 0.221 e. The van der Waals surface area contributed by atoms with Gasteiger partial charge in [-0.25, -0.2) is 4.99 Å². The van der Waals surface area contributed by atoms with Gasteiger partial charge in [-0.1, -0.05) is 36.0 Å². The van der Waals surface area contributed by atoms with E-state index in [1.807, 2.05) is 52.7 Å². The van der Waals surface area contributed by atoms with Crippen LogP contribution in [0, 0.1) is 5.92 Å². The SMILES string of the molecule is NC(=O)[C@H]1C[C@@H](O)[C@H](O)[C@H]2[C@@H]1SC(=Nc1ccccc1)N2Cc1cccs1. The van der Waals surface area contributed by atoms with Gasteiger partial charge in [-0.2, -0.15) is 0 Å². The molecular formula is C19H21N3O3S2. The number of aliphatic hydroxyl groups is 2. The van der Waals surface area contributed by atoms with E-state index in [4.69, 9.17) is 10.7 Å². The van der Waals surface area contributed by atoms with Gasteiger partial charge in [0.25, 0.3) is 0 Å². The van der Waals surface area contributed by atoms with Gasteiger partial charge in [0, 0.05) is 10.1 Å². The number of thiophene rings is 1. The summed E-state index contributed by atoms with van der Waals surface area (Å²) in [5.41, 5.74) is 6.41. The zero-order valence-corrected chi connectivity index (χ0v) is 16.1. The Kier molecular flexibility index (Phi) is 5.23. The molecule has 1 aliphatic carbocycles. The maximum atomic E-state index is 12.0. The first kappa shape index (κ1) is 18.5. The molecule has 1 aliphatic heterocycles. The summed E-state index contributed by atoms with van der Waals surface area (Å²) >= 11 is 3.10. The fourth-order valence-corrected chi connectivity index (χ4v) is 6.03. The number of aliphatic hydroxyl groups excluding tert-OH is 2. The molecule has 1 aromatic heterocycles. The molecule has 1 amide bonds. The summed E-state index contributed by atoms with van der Waals surface area (Å²) in [6, 6.07) is 13.2. The number of hydrogen-bond acceptors (Lipinski definition) is 6. The zero-order chi connectivity index (χ0) is 19.0. The number of amides is 1. The third-order valence-corrected chi connectivity index (χ3v) is 7.35. The number of amidine groups is 1. The van der Waals surface area contributed by atoms with Crippen LogP contribution in [0.25, 0.3) is 0 Å². The quantitative estimate of drug-likeness (QED) is 0.725. The average molecular weight is 404 g/mol. The van der Waals surface area contributed by atoms with Crippen molar-refractivity contribution in [3.63, 3.8) is 0 Å². The second-order valence-corrected chi connectivity index (χ2v) is 8.99. The molecule has 0 spiro atoms. The van der Waals surface area contributed by atoms with Crippen molar-refractivity contribution in [3.05, 3.63) is 52.7 Å². The number of primary amides is 1. The second-order valence-electron chi connectivity index (χ2n) is 6.81. The standard InChI is InChI=1S/C19H21N3O3S2/c20-18(25)13-9-14(23)16(24)15-17(13)27-19(21-11-5-2-1-3-6-11)22(15)10-12-7-4-8-26-12/h1-8,13-17,23-24H,9-10H2,(H2,20,25)/t13-,14+,15-,16-,17+/m0/s1.